The Kier molecular flexibility index (Phi) is 4.24. The van der Waals surface area contributed by atoms with Crippen molar-refractivity contribution in [2.45, 2.75) is 39.3 Å². The summed E-state index contributed by atoms with van der Waals surface area (Å²) in [6, 6.07) is 5.96. The largest absolute Gasteiger partial charge is 0.389 e. The van der Waals surface area contributed by atoms with Gasteiger partial charge in [-0.3, -0.25) is 4.98 Å². The molecule has 0 saturated heterocycles. The van der Waals surface area contributed by atoms with Crippen LogP contribution in [0.3, 0.4) is 0 Å². The average Bonchev–Trinajstić information content (AvgIpc) is 2.18. The van der Waals surface area contributed by atoms with Crippen LogP contribution in [0, 0.1) is 6.92 Å². The zero-order valence-electron chi connectivity index (χ0n) is 9.75. The molecule has 3 nitrogen and oxygen atoms in total. The first-order valence-electron chi connectivity index (χ1n) is 5.39. The van der Waals surface area contributed by atoms with Crippen molar-refractivity contribution in [2.24, 2.45) is 0 Å². The van der Waals surface area contributed by atoms with Gasteiger partial charge in [-0.1, -0.05) is 13.0 Å². The lowest BCUT2D eigenvalue weighted by atomic mass is 10.0. The first kappa shape index (κ1) is 12.1. The van der Waals surface area contributed by atoms with E-state index in [2.05, 4.69) is 10.3 Å². The van der Waals surface area contributed by atoms with Gasteiger partial charge in [0.1, 0.15) is 0 Å². The molecule has 0 aliphatic heterocycles. The Hall–Kier alpha value is -0.930. The minimum absolute atomic E-state index is 0.596. The van der Waals surface area contributed by atoms with Gasteiger partial charge in [-0.15, -0.1) is 0 Å². The molecule has 0 amide bonds. The van der Waals surface area contributed by atoms with Crippen LogP contribution >= 0.6 is 0 Å². The van der Waals surface area contributed by atoms with Crippen LogP contribution in [0.25, 0.3) is 0 Å². The van der Waals surface area contributed by atoms with E-state index in [-0.39, 0.29) is 0 Å². The van der Waals surface area contributed by atoms with Gasteiger partial charge in [-0.05, 0) is 32.4 Å². The van der Waals surface area contributed by atoms with Crippen LogP contribution in [0.2, 0.25) is 0 Å². The molecule has 1 unspecified atom stereocenters. The number of aliphatic hydroxyl groups is 1. The molecule has 1 heterocycles. The van der Waals surface area contributed by atoms with Gasteiger partial charge in [0, 0.05) is 18.8 Å². The van der Waals surface area contributed by atoms with Crippen molar-refractivity contribution in [3.05, 3.63) is 29.6 Å². The molecule has 0 bridgehead atoms. The Labute approximate surface area is 91.5 Å². The van der Waals surface area contributed by atoms with Gasteiger partial charge in [0.05, 0.1) is 11.3 Å². The van der Waals surface area contributed by atoms with Crippen LogP contribution in [0.1, 0.15) is 31.7 Å². The summed E-state index contributed by atoms with van der Waals surface area (Å²) >= 11 is 0. The van der Waals surface area contributed by atoms with Crippen LogP contribution < -0.4 is 5.32 Å². The molecule has 84 valence electrons. The minimum Gasteiger partial charge on any atom is -0.389 e. The Morgan fingerprint density at radius 3 is 2.80 bits per heavy atom. The molecule has 15 heavy (non-hydrogen) atoms. The van der Waals surface area contributed by atoms with Gasteiger partial charge < -0.3 is 10.4 Å². The highest BCUT2D eigenvalue weighted by Crippen LogP contribution is 2.06. The Balaban J connectivity index is 2.38. The molecular weight excluding hydrogens is 188 g/mol. The number of nitrogens with one attached hydrogen (secondary N) is 1. The molecule has 1 atom stereocenters. The highest BCUT2D eigenvalue weighted by molar-refractivity contribution is 5.09. The van der Waals surface area contributed by atoms with Gasteiger partial charge in [0.25, 0.3) is 0 Å². The summed E-state index contributed by atoms with van der Waals surface area (Å²) in [5, 5.41) is 13.0. The van der Waals surface area contributed by atoms with Crippen molar-refractivity contribution in [1.82, 2.24) is 10.3 Å². The molecule has 0 saturated carbocycles. The molecule has 0 fully saturated rings. The van der Waals surface area contributed by atoms with Gasteiger partial charge >= 0.3 is 0 Å². The maximum Gasteiger partial charge on any atom is 0.0741 e. The van der Waals surface area contributed by atoms with Crippen LogP contribution in [0.15, 0.2) is 18.2 Å². The van der Waals surface area contributed by atoms with Crippen LogP contribution in [-0.4, -0.2) is 22.2 Å². The predicted molar refractivity (Wildman–Crippen MR) is 61.6 cm³/mol. The monoisotopic (exact) mass is 208 g/mol. The van der Waals surface area contributed by atoms with E-state index in [1.807, 2.05) is 39.0 Å². The van der Waals surface area contributed by atoms with Gasteiger partial charge in [-0.2, -0.15) is 0 Å². The van der Waals surface area contributed by atoms with E-state index < -0.39 is 5.60 Å². The van der Waals surface area contributed by atoms with E-state index in [0.29, 0.717) is 13.1 Å². The molecule has 0 spiro atoms. The average molecular weight is 208 g/mol. The molecule has 1 aromatic rings. The van der Waals surface area contributed by atoms with E-state index >= 15 is 0 Å². The summed E-state index contributed by atoms with van der Waals surface area (Å²) in [6.07, 6.45) is 0.751. The number of aryl methyl sites for hydroxylation is 1. The van der Waals surface area contributed by atoms with Gasteiger partial charge in [-0.25, -0.2) is 0 Å². The van der Waals surface area contributed by atoms with Crippen molar-refractivity contribution in [3.63, 3.8) is 0 Å². The number of hydrogen-bond acceptors (Lipinski definition) is 3. The fourth-order valence-electron chi connectivity index (χ4n) is 1.28. The summed E-state index contributed by atoms with van der Waals surface area (Å²) in [7, 11) is 0. The fraction of sp³-hybridized carbons (Fsp3) is 0.583. The topological polar surface area (TPSA) is 45.1 Å². The zero-order chi connectivity index (χ0) is 11.3. The number of hydrogen-bond donors (Lipinski definition) is 2. The van der Waals surface area contributed by atoms with E-state index in [1.165, 1.54) is 0 Å². The molecule has 0 aliphatic carbocycles. The molecule has 0 aliphatic rings. The van der Waals surface area contributed by atoms with Crippen molar-refractivity contribution in [1.29, 1.82) is 0 Å². The Morgan fingerprint density at radius 2 is 2.20 bits per heavy atom. The quantitative estimate of drug-likeness (QED) is 0.773. The van der Waals surface area contributed by atoms with E-state index in [9.17, 15) is 5.11 Å². The van der Waals surface area contributed by atoms with Gasteiger partial charge in [0.2, 0.25) is 0 Å². The Bertz CT molecular complexity index is 310. The molecule has 3 heteroatoms. The van der Waals surface area contributed by atoms with Gasteiger partial charge in [0.15, 0.2) is 0 Å². The lowest BCUT2D eigenvalue weighted by Gasteiger charge is -2.21. The predicted octanol–water partition coefficient (Wildman–Crippen LogP) is 1.64. The second-order valence-electron chi connectivity index (χ2n) is 4.22. The van der Waals surface area contributed by atoms with Crippen molar-refractivity contribution in [3.8, 4) is 0 Å². The van der Waals surface area contributed by atoms with E-state index in [0.717, 1.165) is 17.8 Å². The SMILES string of the molecule is CCC(C)(O)CNCc1cccc(C)n1. The maximum absolute atomic E-state index is 9.77. The Morgan fingerprint density at radius 1 is 1.47 bits per heavy atom. The summed E-state index contributed by atoms with van der Waals surface area (Å²) in [6.45, 7) is 7.10. The molecule has 2 N–H and O–H groups in total. The number of pyridine rings is 1. The maximum atomic E-state index is 9.77. The zero-order valence-corrected chi connectivity index (χ0v) is 9.75. The lowest BCUT2D eigenvalue weighted by Crippen LogP contribution is -2.36. The smallest absolute Gasteiger partial charge is 0.0741 e. The van der Waals surface area contributed by atoms with Crippen molar-refractivity contribution in [2.75, 3.05) is 6.54 Å². The second kappa shape index (κ2) is 5.24. The molecular formula is C12H20N2O. The standard InChI is InChI=1S/C12H20N2O/c1-4-12(3,15)9-13-8-11-7-5-6-10(2)14-11/h5-7,13,15H,4,8-9H2,1-3H3. The second-order valence-corrected chi connectivity index (χ2v) is 4.22. The summed E-state index contributed by atoms with van der Waals surface area (Å²) < 4.78 is 0. The number of nitrogens with zero attached hydrogens (tertiary/aromatic N) is 1. The highest BCUT2D eigenvalue weighted by Gasteiger charge is 2.16. The normalized spacial score (nSPS) is 14.9. The first-order valence-corrected chi connectivity index (χ1v) is 5.39. The van der Waals surface area contributed by atoms with Crippen molar-refractivity contribution < 1.29 is 5.11 Å². The summed E-state index contributed by atoms with van der Waals surface area (Å²) in [4.78, 5) is 4.37. The van der Waals surface area contributed by atoms with E-state index in [1.54, 1.807) is 0 Å². The minimum atomic E-state index is -0.621. The van der Waals surface area contributed by atoms with Crippen LogP contribution in [0.4, 0.5) is 0 Å². The van der Waals surface area contributed by atoms with E-state index in [4.69, 9.17) is 0 Å². The summed E-state index contributed by atoms with van der Waals surface area (Å²) in [5.74, 6) is 0. The number of rotatable bonds is 5. The van der Waals surface area contributed by atoms with Crippen LogP contribution in [-0.2, 0) is 6.54 Å². The highest BCUT2D eigenvalue weighted by atomic mass is 16.3. The lowest BCUT2D eigenvalue weighted by molar-refractivity contribution is 0.0555. The molecule has 0 radical (unpaired) electrons. The number of aromatic nitrogens is 1. The third-order valence-electron chi connectivity index (χ3n) is 2.52. The first-order chi connectivity index (χ1) is 7.03. The molecule has 1 rings (SSSR count). The molecule has 0 aromatic carbocycles. The summed E-state index contributed by atoms with van der Waals surface area (Å²) in [5.41, 5.74) is 1.42. The molecule has 1 aromatic heterocycles. The van der Waals surface area contributed by atoms with Crippen molar-refractivity contribution >= 4 is 0 Å². The third-order valence-corrected chi connectivity index (χ3v) is 2.52. The fourth-order valence-corrected chi connectivity index (χ4v) is 1.28. The van der Waals surface area contributed by atoms with Crippen LogP contribution in [0.5, 0.6) is 0 Å². The third kappa shape index (κ3) is 4.40.